The van der Waals surface area contributed by atoms with Crippen molar-refractivity contribution in [2.45, 2.75) is 64.8 Å². The molecule has 0 radical (unpaired) electrons. The molecule has 1 heterocycles. The minimum Gasteiger partial charge on any atom is -0.356 e. The highest BCUT2D eigenvalue weighted by molar-refractivity contribution is 5.76. The van der Waals surface area contributed by atoms with Gasteiger partial charge in [0.25, 0.3) is 0 Å². The highest BCUT2D eigenvalue weighted by Crippen LogP contribution is 2.23. The summed E-state index contributed by atoms with van der Waals surface area (Å²) in [4.78, 5) is 14.3. The van der Waals surface area contributed by atoms with Gasteiger partial charge in [0.2, 0.25) is 5.91 Å². The lowest BCUT2D eigenvalue weighted by molar-refractivity contribution is -0.122. The second-order valence-electron chi connectivity index (χ2n) is 6.07. The topological polar surface area (TPSA) is 58.4 Å². The SMILES string of the molecule is CCCNC(=O)CC(CN)N1CCCC(CCC)CC1. The molecule has 2 atom stereocenters. The standard InChI is InChI=1S/C16H33N3O/c1-3-6-14-7-5-10-19(11-8-14)15(13-17)12-16(20)18-9-4-2/h14-15H,3-13,17H2,1-2H3,(H,18,20). The molecule has 0 aromatic carbocycles. The third-order valence-corrected chi connectivity index (χ3v) is 4.36. The predicted octanol–water partition coefficient (Wildman–Crippen LogP) is 2.13. The van der Waals surface area contributed by atoms with Crippen molar-refractivity contribution in [1.82, 2.24) is 10.2 Å². The van der Waals surface area contributed by atoms with Crippen LogP contribution in [-0.2, 0) is 4.79 Å². The maximum atomic E-state index is 11.9. The number of hydrogen-bond acceptors (Lipinski definition) is 3. The van der Waals surface area contributed by atoms with Gasteiger partial charge in [-0.15, -0.1) is 0 Å². The molecule has 20 heavy (non-hydrogen) atoms. The average Bonchev–Trinajstić information content (AvgIpc) is 2.68. The molecule has 0 bridgehead atoms. The van der Waals surface area contributed by atoms with Gasteiger partial charge < -0.3 is 11.1 Å². The zero-order chi connectivity index (χ0) is 14.8. The van der Waals surface area contributed by atoms with Gasteiger partial charge in [0.1, 0.15) is 0 Å². The molecule has 1 rings (SSSR count). The van der Waals surface area contributed by atoms with Crippen molar-refractivity contribution < 1.29 is 4.79 Å². The molecule has 4 nitrogen and oxygen atoms in total. The first-order valence-corrected chi connectivity index (χ1v) is 8.42. The van der Waals surface area contributed by atoms with E-state index in [4.69, 9.17) is 5.73 Å². The summed E-state index contributed by atoms with van der Waals surface area (Å²) in [6.07, 6.45) is 8.02. The van der Waals surface area contributed by atoms with Crippen LogP contribution in [0.3, 0.4) is 0 Å². The summed E-state index contributed by atoms with van der Waals surface area (Å²) in [5.41, 5.74) is 5.90. The Balaban J connectivity index is 2.42. The molecule has 1 aliphatic rings. The summed E-state index contributed by atoms with van der Waals surface area (Å²) in [6, 6.07) is 0.215. The van der Waals surface area contributed by atoms with E-state index in [1.165, 1.54) is 32.1 Å². The molecule has 1 saturated heterocycles. The van der Waals surface area contributed by atoms with E-state index in [9.17, 15) is 4.79 Å². The van der Waals surface area contributed by atoms with Crippen molar-refractivity contribution in [3.05, 3.63) is 0 Å². The Morgan fingerprint density at radius 2 is 2.10 bits per heavy atom. The van der Waals surface area contributed by atoms with E-state index in [1.54, 1.807) is 0 Å². The van der Waals surface area contributed by atoms with Crippen molar-refractivity contribution >= 4 is 5.91 Å². The highest BCUT2D eigenvalue weighted by atomic mass is 16.1. The zero-order valence-electron chi connectivity index (χ0n) is 13.4. The van der Waals surface area contributed by atoms with E-state index in [-0.39, 0.29) is 11.9 Å². The second kappa shape index (κ2) is 10.2. The highest BCUT2D eigenvalue weighted by Gasteiger charge is 2.23. The first-order chi connectivity index (χ1) is 9.71. The fourth-order valence-corrected chi connectivity index (χ4v) is 3.16. The fourth-order valence-electron chi connectivity index (χ4n) is 3.16. The van der Waals surface area contributed by atoms with E-state index in [2.05, 4.69) is 24.1 Å². The number of amides is 1. The number of carbonyl (C=O) groups is 1. The average molecular weight is 283 g/mol. The number of hydrogen-bond donors (Lipinski definition) is 2. The molecule has 0 aromatic heterocycles. The van der Waals surface area contributed by atoms with Gasteiger partial charge in [-0.05, 0) is 44.7 Å². The van der Waals surface area contributed by atoms with Gasteiger partial charge in [-0.25, -0.2) is 0 Å². The minimum absolute atomic E-state index is 0.150. The van der Waals surface area contributed by atoms with Crippen LogP contribution in [0.25, 0.3) is 0 Å². The second-order valence-corrected chi connectivity index (χ2v) is 6.07. The first-order valence-electron chi connectivity index (χ1n) is 8.42. The Kier molecular flexibility index (Phi) is 8.86. The van der Waals surface area contributed by atoms with Crippen LogP contribution in [0.5, 0.6) is 0 Å². The predicted molar refractivity (Wildman–Crippen MR) is 84.6 cm³/mol. The van der Waals surface area contributed by atoms with Gasteiger partial charge >= 0.3 is 0 Å². The summed E-state index contributed by atoms with van der Waals surface area (Å²) < 4.78 is 0. The lowest BCUT2D eigenvalue weighted by Gasteiger charge is -2.29. The van der Waals surface area contributed by atoms with Crippen LogP contribution in [0.15, 0.2) is 0 Å². The van der Waals surface area contributed by atoms with E-state index in [0.29, 0.717) is 13.0 Å². The van der Waals surface area contributed by atoms with Crippen LogP contribution < -0.4 is 11.1 Å². The quantitative estimate of drug-likeness (QED) is 0.717. The third kappa shape index (κ3) is 6.23. The number of nitrogens with two attached hydrogens (primary N) is 1. The van der Waals surface area contributed by atoms with Crippen molar-refractivity contribution in [1.29, 1.82) is 0 Å². The smallest absolute Gasteiger partial charge is 0.221 e. The lowest BCUT2D eigenvalue weighted by Crippen LogP contribution is -2.44. The minimum atomic E-state index is 0.150. The van der Waals surface area contributed by atoms with Crippen molar-refractivity contribution in [2.24, 2.45) is 11.7 Å². The third-order valence-electron chi connectivity index (χ3n) is 4.36. The molecule has 0 aliphatic carbocycles. The Hall–Kier alpha value is -0.610. The van der Waals surface area contributed by atoms with Gasteiger partial charge in [-0.2, -0.15) is 0 Å². The van der Waals surface area contributed by atoms with Crippen LogP contribution in [-0.4, -0.2) is 43.0 Å². The molecule has 0 saturated carbocycles. The van der Waals surface area contributed by atoms with E-state index < -0.39 is 0 Å². The maximum Gasteiger partial charge on any atom is 0.221 e. The van der Waals surface area contributed by atoms with E-state index in [1.807, 2.05) is 0 Å². The monoisotopic (exact) mass is 283 g/mol. The molecule has 0 aromatic rings. The van der Waals surface area contributed by atoms with Crippen molar-refractivity contribution in [2.75, 3.05) is 26.2 Å². The summed E-state index contributed by atoms with van der Waals surface area (Å²) in [5.74, 6) is 1.02. The molecular formula is C16H33N3O. The van der Waals surface area contributed by atoms with Gasteiger partial charge in [0.15, 0.2) is 0 Å². The molecule has 1 fully saturated rings. The first kappa shape index (κ1) is 17.4. The van der Waals surface area contributed by atoms with Crippen LogP contribution in [0, 0.1) is 5.92 Å². The Morgan fingerprint density at radius 1 is 1.30 bits per heavy atom. The van der Waals surface area contributed by atoms with Crippen molar-refractivity contribution in [3.8, 4) is 0 Å². The molecule has 0 spiro atoms. The lowest BCUT2D eigenvalue weighted by atomic mass is 9.96. The van der Waals surface area contributed by atoms with Gasteiger partial charge in [0.05, 0.1) is 0 Å². The molecule has 1 aliphatic heterocycles. The molecule has 118 valence electrons. The molecule has 3 N–H and O–H groups in total. The largest absolute Gasteiger partial charge is 0.356 e. The zero-order valence-corrected chi connectivity index (χ0v) is 13.4. The molecule has 4 heteroatoms. The fraction of sp³-hybridized carbons (Fsp3) is 0.938. The number of likely N-dealkylation sites (tertiary alicyclic amines) is 1. The number of nitrogens with zero attached hydrogens (tertiary/aromatic N) is 1. The summed E-state index contributed by atoms with van der Waals surface area (Å²) in [6.45, 7) is 7.90. The van der Waals surface area contributed by atoms with Crippen molar-refractivity contribution in [3.63, 3.8) is 0 Å². The number of nitrogens with one attached hydrogen (secondary N) is 1. The molecule has 2 unspecified atom stereocenters. The summed E-state index contributed by atoms with van der Waals surface area (Å²) >= 11 is 0. The Labute approximate surface area is 124 Å². The van der Waals surface area contributed by atoms with Crippen LogP contribution in [0.2, 0.25) is 0 Å². The summed E-state index contributed by atoms with van der Waals surface area (Å²) in [7, 11) is 0. The summed E-state index contributed by atoms with van der Waals surface area (Å²) in [5, 5.41) is 2.96. The normalized spacial score (nSPS) is 22.2. The van der Waals surface area contributed by atoms with Gasteiger partial charge in [-0.1, -0.05) is 26.7 Å². The number of carbonyl (C=O) groups excluding carboxylic acids is 1. The van der Waals surface area contributed by atoms with Crippen LogP contribution in [0.4, 0.5) is 0 Å². The van der Waals surface area contributed by atoms with E-state index >= 15 is 0 Å². The molecular weight excluding hydrogens is 250 g/mol. The Morgan fingerprint density at radius 3 is 2.75 bits per heavy atom. The maximum absolute atomic E-state index is 11.9. The van der Waals surface area contributed by atoms with Crippen LogP contribution in [0.1, 0.15) is 58.8 Å². The van der Waals surface area contributed by atoms with E-state index in [0.717, 1.165) is 32.0 Å². The van der Waals surface area contributed by atoms with Crippen LogP contribution >= 0.6 is 0 Å². The van der Waals surface area contributed by atoms with Gasteiger partial charge in [-0.3, -0.25) is 9.69 Å². The Bertz CT molecular complexity index is 270. The molecule has 1 amide bonds. The van der Waals surface area contributed by atoms with Gasteiger partial charge in [0, 0.05) is 25.6 Å². The number of rotatable bonds is 8.